The van der Waals surface area contributed by atoms with Crippen LogP contribution in [0.2, 0.25) is 0 Å². The molecule has 0 aliphatic rings. The van der Waals surface area contributed by atoms with Crippen LogP contribution in [-0.4, -0.2) is 9.97 Å². The molecular weight excluding hydrogens is 325 g/mol. The largest absolute Gasteiger partial charge is 0.340 e. The number of fused-ring (bicyclic) bond motifs is 1. The van der Waals surface area contributed by atoms with E-state index < -0.39 is 0 Å². The van der Waals surface area contributed by atoms with Gasteiger partial charge in [0.15, 0.2) is 0 Å². The highest BCUT2D eigenvalue weighted by atomic mass is 19.1. The highest BCUT2D eigenvalue weighted by molar-refractivity contribution is 5.90. The fraction of sp³-hybridized carbons (Fsp3) is 0. The lowest BCUT2D eigenvalue weighted by Crippen LogP contribution is -1.96. The SMILES string of the molecule is Fc1ccc2ncnc(Nc3ccc(/C=C/c4ccccc4)cc3)c2c1. The van der Waals surface area contributed by atoms with Crippen molar-refractivity contribution < 1.29 is 4.39 Å². The predicted molar refractivity (Wildman–Crippen MR) is 105 cm³/mol. The van der Waals surface area contributed by atoms with Gasteiger partial charge in [-0.05, 0) is 41.5 Å². The van der Waals surface area contributed by atoms with Crippen LogP contribution < -0.4 is 5.32 Å². The summed E-state index contributed by atoms with van der Waals surface area (Å²) in [5.74, 6) is 0.277. The molecule has 0 aliphatic heterocycles. The van der Waals surface area contributed by atoms with Gasteiger partial charge in [0, 0.05) is 11.1 Å². The van der Waals surface area contributed by atoms with Crippen molar-refractivity contribution in [3.8, 4) is 0 Å². The highest BCUT2D eigenvalue weighted by Gasteiger charge is 2.05. The van der Waals surface area contributed by atoms with Crippen molar-refractivity contribution >= 4 is 34.6 Å². The highest BCUT2D eigenvalue weighted by Crippen LogP contribution is 2.24. The molecular formula is C22H16FN3. The quantitative estimate of drug-likeness (QED) is 0.485. The van der Waals surface area contributed by atoms with Crippen LogP contribution in [0.3, 0.4) is 0 Å². The molecule has 4 heteroatoms. The Kier molecular flexibility index (Phi) is 4.39. The van der Waals surface area contributed by atoms with E-state index in [9.17, 15) is 4.39 Å². The molecule has 4 rings (SSSR count). The second kappa shape index (κ2) is 7.15. The van der Waals surface area contributed by atoms with Gasteiger partial charge in [0.05, 0.1) is 5.52 Å². The Morgan fingerprint density at radius 2 is 1.50 bits per heavy atom. The molecule has 3 aromatic carbocycles. The molecule has 0 saturated carbocycles. The standard InChI is InChI=1S/C22H16FN3/c23-18-10-13-21-20(14-18)22(25-15-24-21)26-19-11-8-17(9-12-19)7-6-16-4-2-1-3-5-16/h1-15H,(H,24,25,26)/b7-6+. The molecule has 0 saturated heterocycles. The van der Waals surface area contributed by atoms with Crippen molar-refractivity contribution in [2.45, 2.75) is 0 Å². The summed E-state index contributed by atoms with van der Waals surface area (Å²) in [6.45, 7) is 0. The van der Waals surface area contributed by atoms with Gasteiger partial charge < -0.3 is 5.32 Å². The lowest BCUT2D eigenvalue weighted by molar-refractivity contribution is 0.629. The van der Waals surface area contributed by atoms with E-state index >= 15 is 0 Å². The maximum absolute atomic E-state index is 13.5. The topological polar surface area (TPSA) is 37.8 Å². The fourth-order valence-corrected chi connectivity index (χ4v) is 2.70. The first-order valence-corrected chi connectivity index (χ1v) is 8.28. The van der Waals surface area contributed by atoms with E-state index in [4.69, 9.17) is 0 Å². The van der Waals surface area contributed by atoms with Crippen molar-refractivity contribution in [1.82, 2.24) is 9.97 Å². The molecule has 0 amide bonds. The van der Waals surface area contributed by atoms with Crippen molar-refractivity contribution in [1.29, 1.82) is 0 Å². The van der Waals surface area contributed by atoms with Crippen molar-refractivity contribution in [3.63, 3.8) is 0 Å². The normalized spacial score (nSPS) is 11.1. The molecule has 0 atom stereocenters. The van der Waals surface area contributed by atoms with Crippen molar-refractivity contribution in [2.24, 2.45) is 0 Å². The van der Waals surface area contributed by atoms with E-state index in [0.29, 0.717) is 16.7 Å². The third-order valence-electron chi connectivity index (χ3n) is 4.04. The van der Waals surface area contributed by atoms with Gasteiger partial charge in [0.1, 0.15) is 18.0 Å². The van der Waals surface area contributed by atoms with E-state index in [1.54, 1.807) is 6.07 Å². The Hall–Kier alpha value is -3.53. The minimum atomic E-state index is -0.309. The summed E-state index contributed by atoms with van der Waals surface area (Å²) in [6.07, 6.45) is 5.61. The van der Waals surface area contributed by atoms with Gasteiger partial charge in [-0.15, -0.1) is 0 Å². The third kappa shape index (κ3) is 3.59. The maximum Gasteiger partial charge on any atom is 0.141 e. The molecule has 126 valence electrons. The number of hydrogen-bond donors (Lipinski definition) is 1. The Bertz CT molecular complexity index is 1060. The molecule has 0 bridgehead atoms. The van der Waals surface area contributed by atoms with E-state index in [1.807, 2.05) is 42.5 Å². The maximum atomic E-state index is 13.5. The van der Waals surface area contributed by atoms with Crippen LogP contribution in [-0.2, 0) is 0 Å². The molecule has 0 radical (unpaired) electrons. The van der Waals surface area contributed by atoms with E-state index in [2.05, 4.69) is 39.6 Å². The first kappa shape index (κ1) is 16.0. The summed E-state index contributed by atoms with van der Waals surface area (Å²) in [5, 5.41) is 3.89. The Balaban J connectivity index is 1.55. The monoisotopic (exact) mass is 341 g/mol. The van der Waals surface area contributed by atoms with Crippen molar-refractivity contribution in [3.05, 3.63) is 96.1 Å². The Morgan fingerprint density at radius 3 is 2.27 bits per heavy atom. The first-order valence-electron chi connectivity index (χ1n) is 8.28. The minimum absolute atomic E-state index is 0.309. The van der Waals surface area contributed by atoms with Gasteiger partial charge >= 0.3 is 0 Å². The number of benzene rings is 3. The van der Waals surface area contributed by atoms with Crippen LogP contribution >= 0.6 is 0 Å². The molecule has 26 heavy (non-hydrogen) atoms. The van der Waals surface area contributed by atoms with Crippen LogP contribution in [0.4, 0.5) is 15.9 Å². The number of aromatic nitrogens is 2. The summed E-state index contributed by atoms with van der Waals surface area (Å²) in [5.41, 5.74) is 3.83. The summed E-state index contributed by atoms with van der Waals surface area (Å²) < 4.78 is 13.5. The van der Waals surface area contributed by atoms with Crippen LogP contribution in [0, 0.1) is 5.82 Å². The number of anilines is 2. The van der Waals surface area contributed by atoms with E-state index in [0.717, 1.165) is 16.8 Å². The van der Waals surface area contributed by atoms with Gasteiger partial charge in [0.25, 0.3) is 0 Å². The molecule has 0 unspecified atom stereocenters. The fourth-order valence-electron chi connectivity index (χ4n) is 2.70. The Morgan fingerprint density at radius 1 is 0.769 bits per heavy atom. The Labute approximate surface area is 150 Å². The summed E-state index contributed by atoms with van der Waals surface area (Å²) in [4.78, 5) is 8.40. The van der Waals surface area contributed by atoms with Crippen molar-refractivity contribution in [2.75, 3.05) is 5.32 Å². The molecule has 1 aromatic heterocycles. The lowest BCUT2D eigenvalue weighted by Gasteiger charge is -2.08. The zero-order valence-corrected chi connectivity index (χ0v) is 13.9. The molecule has 1 heterocycles. The lowest BCUT2D eigenvalue weighted by atomic mass is 10.1. The van der Waals surface area contributed by atoms with Crippen LogP contribution in [0.1, 0.15) is 11.1 Å². The summed E-state index contributed by atoms with van der Waals surface area (Å²) in [6, 6.07) is 22.6. The molecule has 1 N–H and O–H groups in total. The summed E-state index contributed by atoms with van der Waals surface area (Å²) >= 11 is 0. The molecule has 0 fully saturated rings. The zero-order valence-electron chi connectivity index (χ0n) is 13.9. The van der Waals surface area contributed by atoms with Crippen LogP contribution in [0.15, 0.2) is 79.1 Å². The average molecular weight is 341 g/mol. The van der Waals surface area contributed by atoms with Crippen LogP contribution in [0.5, 0.6) is 0 Å². The molecule has 4 aromatic rings. The summed E-state index contributed by atoms with van der Waals surface area (Å²) in [7, 11) is 0. The predicted octanol–water partition coefficient (Wildman–Crippen LogP) is 5.68. The first-order chi connectivity index (χ1) is 12.8. The van der Waals surface area contributed by atoms with Gasteiger partial charge in [0.2, 0.25) is 0 Å². The van der Waals surface area contributed by atoms with E-state index in [1.165, 1.54) is 18.5 Å². The van der Waals surface area contributed by atoms with Gasteiger partial charge in [-0.25, -0.2) is 14.4 Å². The molecule has 3 nitrogen and oxygen atoms in total. The smallest absolute Gasteiger partial charge is 0.141 e. The zero-order chi connectivity index (χ0) is 17.8. The van der Waals surface area contributed by atoms with Gasteiger partial charge in [-0.1, -0.05) is 54.6 Å². The van der Waals surface area contributed by atoms with Gasteiger partial charge in [-0.3, -0.25) is 0 Å². The number of hydrogen-bond acceptors (Lipinski definition) is 3. The molecule has 0 aliphatic carbocycles. The van der Waals surface area contributed by atoms with E-state index in [-0.39, 0.29) is 5.82 Å². The number of rotatable bonds is 4. The number of nitrogens with one attached hydrogen (secondary N) is 1. The third-order valence-corrected chi connectivity index (χ3v) is 4.04. The molecule has 0 spiro atoms. The van der Waals surface area contributed by atoms with Crippen LogP contribution in [0.25, 0.3) is 23.1 Å². The number of halogens is 1. The number of nitrogens with zero attached hydrogens (tertiary/aromatic N) is 2. The van der Waals surface area contributed by atoms with Gasteiger partial charge in [-0.2, -0.15) is 0 Å². The second-order valence-corrected chi connectivity index (χ2v) is 5.87. The minimum Gasteiger partial charge on any atom is -0.340 e. The average Bonchev–Trinajstić information content (AvgIpc) is 2.69. The second-order valence-electron chi connectivity index (χ2n) is 5.87.